The Morgan fingerprint density at radius 1 is 1.20 bits per heavy atom. The predicted molar refractivity (Wildman–Crippen MR) is 101 cm³/mol. The van der Waals surface area contributed by atoms with E-state index < -0.39 is 0 Å². The van der Waals surface area contributed by atoms with Crippen LogP contribution in [-0.4, -0.2) is 35.1 Å². The second-order valence-corrected chi connectivity index (χ2v) is 7.73. The average molecular weight is 335 g/mol. The van der Waals surface area contributed by atoms with Gasteiger partial charge in [-0.3, -0.25) is 4.98 Å². The Balaban J connectivity index is 1.42. The lowest BCUT2D eigenvalue weighted by Crippen LogP contribution is -2.32. The van der Waals surface area contributed by atoms with Gasteiger partial charge in [0, 0.05) is 42.6 Å². The predicted octanol–water partition coefficient (Wildman–Crippen LogP) is 2.82. The molecule has 5 heteroatoms. The van der Waals surface area contributed by atoms with E-state index in [0.29, 0.717) is 18.0 Å². The highest BCUT2D eigenvalue weighted by atomic mass is 15.3. The topological polar surface area (TPSA) is 67.1 Å². The summed E-state index contributed by atoms with van der Waals surface area (Å²) in [5.41, 5.74) is 10.8. The molecule has 3 N–H and O–H groups in total. The first-order valence-corrected chi connectivity index (χ1v) is 9.50. The molecule has 4 heterocycles. The number of hydrogen-bond donors (Lipinski definition) is 2. The van der Waals surface area contributed by atoms with Crippen molar-refractivity contribution in [1.82, 2.24) is 9.97 Å². The molecule has 0 amide bonds. The summed E-state index contributed by atoms with van der Waals surface area (Å²) < 4.78 is 0. The Labute approximate surface area is 148 Å². The number of hydrogen-bond acceptors (Lipinski definition) is 5. The summed E-state index contributed by atoms with van der Waals surface area (Å²) >= 11 is 0. The van der Waals surface area contributed by atoms with Crippen molar-refractivity contribution >= 4 is 11.5 Å². The van der Waals surface area contributed by atoms with Gasteiger partial charge in [0.1, 0.15) is 0 Å². The summed E-state index contributed by atoms with van der Waals surface area (Å²) in [5.74, 6) is 1.60. The number of aromatic nitrogens is 2. The molecular formula is C20H25N5. The van der Waals surface area contributed by atoms with Crippen LogP contribution in [0, 0.1) is 5.92 Å². The Hall–Kier alpha value is -2.14. The standard InChI is InChI=1S/C20H25N5/c21-17-3-1-2-13(17)10-16-11-14(6-8-22-16)18-4-5-19-20(24-18)23-15-7-9-25(19)12-15/h4-6,8,11,13,15,17H,1-3,7,9-10,12,21H2,(H,23,24)/t13?,15-,17?/m0/s1. The molecule has 0 spiro atoms. The number of fused-ring (bicyclic) bond motifs is 4. The first-order chi connectivity index (χ1) is 12.3. The van der Waals surface area contributed by atoms with Crippen LogP contribution in [0.5, 0.6) is 0 Å². The van der Waals surface area contributed by atoms with Gasteiger partial charge in [-0.05, 0) is 55.9 Å². The molecule has 130 valence electrons. The van der Waals surface area contributed by atoms with E-state index in [-0.39, 0.29) is 0 Å². The van der Waals surface area contributed by atoms with Crippen LogP contribution in [0.4, 0.5) is 11.5 Å². The minimum atomic E-state index is 0.334. The number of rotatable bonds is 3. The molecule has 1 saturated carbocycles. The molecule has 2 unspecified atom stereocenters. The van der Waals surface area contributed by atoms with Gasteiger partial charge in [0.05, 0.1) is 11.4 Å². The molecule has 2 aromatic rings. The van der Waals surface area contributed by atoms with Crippen LogP contribution in [0.1, 0.15) is 31.4 Å². The molecule has 1 saturated heterocycles. The van der Waals surface area contributed by atoms with Crippen molar-refractivity contribution in [3.05, 3.63) is 36.2 Å². The van der Waals surface area contributed by atoms with Crippen molar-refractivity contribution in [2.45, 2.75) is 44.2 Å². The minimum absolute atomic E-state index is 0.334. The largest absolute Gasteiger partial charge is 0.366 e. The number of nitrogens with zero attached hydrogens (tertiary/aromatic N) is 3. The molecule has 0 radical (unpaired) electrons. The van der Waals surface area contributed by atoms with Crippen LogP contribution < -0.4 is 16.0 Å². The maximum absolute atomic E-state index is 6.23. The van der Waals surface area contributed by atoms with Gasteiger partial charge in [0.15, 0.2) is 5.82 Å². The number of nitrogens with two attached hydrogens (primary N) is 1. The van der Waals surface area contributed by atoms with Crippen LogP contribution >= 0.6 is 0 Å². The Morgan fingerprint density at radius 3 is 3.04 bits per heavy atom. The van der Waals surface area contributed by atoms with Gasteiger partial charge in [-0.15, -0.1) is 0 Å². The lowest BCUT2D eigenvalue weighted by molar-refractivity contribution is 0.474. The molecule has 2 aliphatic heterocycles. The fraction of sp³-hybridized carbons (Fsp3) is 0.500. The van der Waals surface area contributed by atoms with Crippen molar-refractivity contribution in [3.63, 3.8) is 0 Å². The molecule has 2 bridgehead atoms. The molecule has 1 aliphatic carbocycles. The molecule has 5 nitrogen and oxygen atoms in total. The molecule has 3 atom stereocenters. The molecule has 5 rings (SSSR count). The molecule has 3 aliphatic rings. The first-order valence-electron chi connectivity index (χ1n) is 9.50. The fourth-order valence-corrected chi connectivity index (χ4v) is 4.60. The SMILES string of the molecule is NC1CCCC1Cc1cc(-c2ccc3c(n2)N[C@H]2CCN3C2)ccn1. The van der Waals surface area contributed by atoms with E-state index in [1.165, 1.54) is 24.9 Å². The monoisotopic (exact) mass is 335 g/mol. The van der Waals surface area contributed by atoms with E-state index in [4.69, 9.17) is 10.7 Å². The van der Waals surface area contributed by atoms with E-state index in [1.807, 2.05) is 6.20 Å². The summed E-state index contributed by atoms with van der Waals surface area (Å²) in [6.07, 6.45) is 7.72. The van der Waals surface area contributed by atoms with E-state index in [9.17, 15) is 0 Å². The van der Waals surface area contributed by atoms with Gasteiger partial charge in [-0.2, -0.15) is 0 Å². The van der Waals surface area contributed by atoms with Crippen LogP contribution in [-0.2, 0) is 6.42 Å². The zero-order chi connectivity index (χ0) is 16.8. The Morgan fingerprint density at radius 2 is 2.16 bits per heavy atom. The van der Waals surface area contributed by atoms with Gasteiger partial charge >= 0.3 is 0 Å². The van der Waals surface area contributed by atoms with Crippen molar-refractivity contribution in [2.75, 3.05) is 23.3 Å². The summed E-state index contributed by atoms with van der Waals surface area (Å²) in [7, 11) is 0. The van der Waals surface area contributed by atoms with Crippen LogP contribution in [0.25, 0.3) is 11.3 Å². The molecule has 0 aromatic carbocycles. The van der Waals surface area contributed by atoms with Crippen molar-refractivity contribution in [2.24, 2.45) is 11.7 Å². The number of anilines is 2. The lowest BCUT2D eigenvalue weighted by Gasteiger charge is -2.28. The van der Waals surface area contributed by atoms with Gasteiger partial charge in [0.25, 0.3) is 0 Å². The normalized spacial score (nSPS) is 27.2. The van der Waals surface area contributed by atoms with Gasteiger partial charge in [0.2, 0.25) is 0 Å². The minimum Gasteiger partial charge on any atom is -0.366 e. The summed E-state index contributed by atoms with van der Waals surface area (Å²) in [5, 5.41) is 3.59. The smallest absolute Gasteiger partial charge is 0.150 e. The molecule has 2 aromatic heterocycles. The second kappa shape index (κ2) is 5.99. The molecular weight excluding hydrogens is 310 g/mol. The third-order valence-corrected chi connectivity index (χ3v) is 6.05. The molecule has 25 heavy (non-hydrogen) atoms. The zero-order valence-corrected chi connectivity index (χ0v) is 14.5. The maximum atomic E-state index is 6.23. The lowest BCUT2D eigenvalue weighted by atomic mass is 9.97. The zero-order valence-electron chi connectivity index (χ0n) is 14.5. The van der Waals surface area contributed by atoms with Crippen molar-refractivity contribution in [3.8, 4) is 11.3 Å². The number of nitrogens with one attached hydrogen (secondary N) is 1. The third kappa shape index (κ3) is 2.76. The second-order valence-electron chi connectivity index (χ2n) is 7.73. The molecule has 2 fully saturated rings. The van der Waals surface area contributed by atoms with Crippen molar-refractivity contribution < 1.29 is 0 Å². The van der Waals surface area contributed by atoms with E-state index in [2.05, 4.69) is 39.5 Å². The third-order valence-electron chi connectivity index (χ3n) is 6.05. The summed E-state index contributed by atoms with van der Waals surface area (Å²) in [4.78, 5) is 11.9. The summed E-state index contributed by atoms with van der Waals surface area (Å²) in [6.45, 7) is 2.24. The highest BCUT2D eigenvalue weighted by Crippen LogP contribution is 2.36. The van der Waals surface area contributed by atoms with Gasteiger partial charge < -0.3 is 16.0 Å². The van der Waals surface area contributed by atoms with Gasteiger partial charge in [-0.1, -0.05) is 6.42 Å². The van der Waals surface area contributed by atoms with Gasteiger partial charge in [-0.25, -0.2) is 4.98 Å². The number of pyridine rings is 2. The Bertz CT molecular complexity index is 789. The van der Waals surface area contributed by atoms with E-state index in [1.54, 1.807) is 0 Å². The van der Waals surface area contributed by atoms with Crippen molar-refractivity contribution in [1.29, 1.82) is 0 Å². The average Bonchev–Trinajstić information content (AvgIpc) is 3.21. The van der Waals surface area contributed by atoms with Crippen LogP contribution in [0.3, 0.4) is 0 Å². The quantitative estimate of drug-likeness (QED) is 0.903. The first kappa shape index (κ1) is 15.1. The van der Waals surface area contributed by atoms with Crippen LogP contribution in [0.15, 0.2) is 30.5 Å². The van der Waals surface area contributed by atoms with E-state index in [0.717, 1.165) is 48.7 Å². The highest BCUT2D eigenvalue weighted by molar-refractivity contribution is 5.74. The highest BCUT2D eigenvalue weighted by Gasteiger charge is 2.30. The van der Waals surface area contributed by atoms with Crippen LogP contribution in [0.2, 0.25) is 0 Å². The maximum Gasteiger partial charge on any atom is 0.150 e. The van der Waals surface area contributed by atoms with E-state index >= 15 is 0 Å². The Kier molecular flexibility index (Phi) is 3.63. The summed E-state index contributed by atoms with van der Waals surface area (Å²) in [6, 6.07) is 9.48. The fourth-order valence-electron chi connectivity index (χ4n) is 4.60.